The lowest BCUT2D eigenvalue weighted by Gasteiger charge is -2.20. The Morgan fingerprint density at radius 1 is 0.629 bits per heavy atom. The molecule has 0 fully saturated rings. The van der Waals surface area contributed by atoms with Crippen molar-refractivity contribution in [1.29, 1.82) is 0 Å². The van der Waals surface area contributed by atoms with Gasteiger partial charge in [0.15, 0.2) is 23.3 Å². The van der Waals surface area contributed by atoms with Crippen LogP contribution in [-0.2, 0) is 9.47 Å². The smallest absolute Gasteiger partial charge is 0.200 e. The summed E-state index contributed by atoms with van der Waals surface area (Å²) in [6, 6.07) is 0. The molecule has 35 heavy (non-hydrogen) atoms. The molecule has 4 atom stereocenters. The van der Waals surface area contributed by atoms with E-state index in [1.165, 1.54) is 7.11 Å². The van der Waals surface area contributed by atoms with Gasteiger partial charge in [-0.2, -0.15) is 4.39 Å². The predicted molar refractivity (Wildman–Crippen MR) is 140 cm³/mol. The average Bonchev–Trinajstić information content (AvgIpc) is 2.87. The second-order valence-electron chi connectivity index (χ2n) is 8.58. The molecule has 0 aromatic carbocycles. The third-order valence-corrected chi connectivity index (χ3v) is 6.00. The van der Waals surface area contributed by atoms with Crippen molar-refractivity contribution in [2.45, 2.75) is 66.4 Å². The fourth-order valence-corrected chi connectivity index (χ4v) is 3.16. The number of halogens is 4. The molecule has 0 heterocycles. The van der Waals surface area contributed by atoms with Crippen molar-refractivity contribution in [3.8, 4) is 0 Å². The fraction of sp³-hybridized carbons (Fsp3) is 0.517. The highest BCUT2D eigenvalue weighted by atomic mass is 19.2. The number of allylic oxidation sites excluding steroid dienone is 7. The molecule has 4 unspecified atom stereocenters. The van der Waals surface area contributed by atoms with E-state index in [0.29, 0.717) is 32.3 Å². The Morgan fingerprint density at radius 3 is 1.26 bits per heavy atom. The minimum absolute atomic E-state index is 0.0105. The fourth-order valence-electron chi connectivity index (χ4n) is 3.16. The summed E-state index contributed by atoms with van der Waals surface area (Å²) in [5.41, 5.74) is 0.0536. The summed E-state index contributed by atoms with van der Waals surface area (Å²) in [4.78, 5) is 0. The van der Waals surface area contributed by atoms with Gasteiger partial charge in [-0.25, -0.2) is 13.2 Å². The highest BCUT2D eigenvalue weighted by Gasteiger charge is 2.23. The zero-order chi connectivity index (χ0) is 27.9. The molecule has 0 spiro atoms. The molecule has 200 valence electrons. The molecular weight excluding hydrogens is 456 g/mol. The van der Waals surface area contributed by atoms with E-state index in [-0.39, 0.29) is 28.7 Å². The van der Waals surface area contributed by atoms with Crippen LogP contribution >= 0.6 is 0 Å². The molecule has 0 saturated carbocycles. The Labute approximate surface area is 210 Å². The van der Waals surface area contributed by atoms with E-state index >= 15 is 0 Å². The first-order valence-electron chi connectivity index (χ1n) is 11.8. The normalized spacial score (nSPS) is 15.8. The zero-order valence-corrected chi connectivity index (χ0v) is 22.4. The summed E-state index contributed by atoms with van der Waals surface area (Å²) >= 11 is 0. The van der Waals surface area contributed by atoms with Gasteiger partial charge in [0.25, 0.3) is 0 Å². The molecule has 0 radical (unpaired) electrons. The summed E-state index contributed by atoms with van der Waals surface area (Å²) in [6.45, 7) is 30.0. The largest absolute Gasteiger partial charge is 0.494 e. The monoisotopic (exact) mass is 500 g/mol. The number of rotatable bonds is 16. The summed E-state index contributed by atoms with van der Waals surface area (Å²) in [5, 5.41) is 0. The van der Waals surface area contributed by atoms with Crippen LogP contribution in [0, 0.1) is 17.8 Å². The van der Waals surface area contributed by atoms with Crippen molar-refractivity contribution >= 4 is 0 Å². The molecule has 0 bridgehead atoms. The van der Waals surface area contributed by atoms with Crippen LogP contribution in [0.2, 0.25) is 0 Å². The van der Waals surface area contributed by atoms with Crippen LogP contribution in [-0.4, -0.2) is 19.8 Å². The Bertz CT molecular complexity index is 795. The third kappa shape index (κ3) is 11.8. The van der Waals surface area contributed by atoms with Gasteiger partial charge in [0.05, 0.1) is 13.2 Å². The maximum atomic E-state index is 14.8. The van der Waals surface area contributed by atoms with E-state index in [2.05, 4.69) is 44.2 Å². The van der Waals surface area contributed by atoms with Gasteiger partial charge in [0, 0.05) is 6.61 Å². The molecule has 0 N–H and O–H groups in total. The van der Waals surface area contributed by atoms with Crippen LogP contribution in [0.3, 0.4) is 0 Å². The molecule has 0 rings (SSSR count). The molecule has 2 nitrogen and oxygen atoms in total. The SMILES string of the molecule is C=C.C=C(OC)/C(F)=C(/F)C(=C)C(C)CCC(C)C(=C)/C(F)=C(/F)C(=C)C(C)CCC(C)OCC. The standard InChI is InChI=1S/C27H40F4O2.C2H4/c1-11-33-19(5)15-14-18(4)21(7)25(29)24(28)20(6)16(2)12-13-17(3)22(8)26(30)27(31)23(9)32-10;1-2/h16-19H,6-9,11-15H2,1-5,10H3;1-2H2/b25-24-,27-26-;. The molecule has 0 aliphatic carbocycles. The van der Waals surface area contributed by atoms with Crippen LogP contribution in [0.1, 0.15) is 60.3 Å². The molecule has 0 aromatic heterocycles. The quantitative estimate of drug-likeness (QED) is 0.0908. The van der Waals surface area contributed by atoms with Crippen molar-refractivity contribution in [2.75, 3.05) is 13.7 Å². The summed E-state index contributed by atoms with van der Waals surface area (Å²) in [7, 11) is 1.19. The average molecular weight is 501 g/mol. The topological polar surface area (TPSA) is 18.5 Å². The van der Waals surface area contributed by atoms with Gasteiger partial charge in [-0.3, -0.25) is 0 Å². The molecule has 0 aromatic rings. The Balaban J connectivity index is 0. The van der Waals surface area contributed by atoms with Gasteiger partial charge >= 0.3 is 0 Å². The maximum absolute atomic E-state index is 14.8. The van der Waals surface area contributed by atoms with Gasteiger partial charge in [-0.05, 0) is 74.0 Å². The van der Waals surface area contributed by atoms with E-state index < -0.39 is 40.9 Å². The number of hydrogen-bond donors (Lipinski definition) is 0. The van der Waals surface area contributed by atoms with Crippen LogP contribution in [0.5, 0.6) is 0 Å². The molecular formula is C29H44F4O2. The summed E-state index contributed by atoms with van der Waals surface area (Å²) < 4.78 is 67.7. The first kappa shape index (κ1) is 34.8. The summed E-state index contributed by atoms with van der Waals surface area (Å²) in [5.74, 6) is -5.86. The predicted octanol–water partition coefficient (Wildman–Crippen LogP) is 9.81. The molecule has 6 heteroatoms. The van der Waals surface area contributed by atoms with Crippen LogP contribution in [0.15, 0.2) is 85.3 Å². The zero-order valence-electron chi connectivity index (χ0n) is 22.4. The van der Waals surface area contributed by atoms with Gasteiger partial charge in [-0.1, -0.05) is 47.1 Å². The third-order valence-electron chi connectivity index (χ3n) is 6.00. The second-order valence-corrected chi connectivity index (χ2v) is 8.58. The first-order chi connectivity index (χ1) is 16.3. The van der Waals surface area contributed by atoms with Crippen LogP contribution < -0.4 is 0 Å². The van der Waals surface area contributed by atoms with Crippen molar-refractivity contribution < 1.29 is 27.0 Å². The van der Waals surface area contributed by atoms with Crippen LogP contribution in [0.25, 0.3) is 0 Å². The lowest BCUT2D eigenvalue weighted by molar-refractivity contribution is 0.0668. The van der Waals surface area contributed by atoms with Crippen molar-refractivity contribution in [2.24, 2.45) is 17.8 Å². The minimum atomic E-state index is -1.20. The van der Waals surface area contributed by atoms with Gasteiger partial charge in [-0.15, -0.1) is 13.2 Å². The van der Waals surface area contributed by atoms with E-state index in [1.807, 2.05) is 13.8 Å². The highest BCUT2D eigenvalue weighted by Crippen LogP contribution is 2.35. The molecule has 0 aliphatic heterocycles. The van der Waals surface area contributed by atoms with Gasteiger partial charge in [0.2, 0.25) is 0 Å². The van der Waals surface area contributed by atoms with Crippen LogP contribution in [0.4, 0.5) is 17.6 Å². The van der Waals surface area contributed by atoms with Crippen molar-refractivity contribution in [3.05, 3.63) is 85.3 Å². The Hall–Kier alpha value is -2.34. The first-order valence-corrected chi connectivity index (χ1v) is 11.8. The molecule has 0 aliphatic rings. The lowest BCUT2D eigenvalue weighted by Crippen LogP contribution is -2.11. The van der Waals surface area contributed by atoms with Gasteiger partial charge < -0.3 is 9.47 Å². The molecule has 0 amide bonds. The van der Waals surface area contributed by atoms with Crippen molar-refractivity contribution in [1.82, 2.24) is 0 Å². The van der Waals surface area contributed by atoms with Gasteiger partial charge in [0.1, 0.15) is 5.76 Å². The maximum Gasteiger partial charge on any atom is 0.200 e. The highest BCUT2D eigenvalue weighted by molar-refractivity contribution is 5.37. The Kier molecular flexibility index (Phi) is 17.9. The van der Waals surface area contributed by atoms with E-state index in [4.69, 9.17) is 4.74 Å². The summed E-state index contributed by atoms with van der Waals surface area (Å²) in [6.07, 6.45) is 2.13. The number of methoxy groups -OCH3 is 1. The number of hydrogen-bond acceptors (Lipinski definition) is 2. The lowest BCUT2D eigenvalue weighted by atomic mass is 9.87. The van der Waals surface area contributed by atoms with Crippen molar-refractivity contribution in [3.63, 3.8) is 0 Å². The Morgan fingerprint density at radius 2 is 0.943 bits per heavy atom. The minimum Gasteiger partial charge on any atom is -0.494 e. The number of ether oxygens (including phenoxy) is 2. The van der Waals surface area contributed by atoms with E-state index in [0.717, 1.165) is 0 Å². The van der Waals surface area contributed by atoms with E-state index in [9.17, 15) is 17.6 Å². The molecule has 0 saturated heterocycles. The van der Waals surface area contributed by atoms with E-state index in [1.54, 1.807) is 20.8 Å². The second kappa shape index (κ2) is 18.0.